The summed E-state index contributed by atoms with van der Waals surface area (Å²) >= 11 is 0. The third-order valence-corrected chi connectivity index (χ3v) is 5.23. The fourth-order valence-corrected chi connectivity index (χ4v) is 3.63. The summed E-state index contributed by atoms with van der Waals surface area (Å²) < 4.78 is 39.5. The van der Waals surface area contributed by atoms with Crippen LogP contribution in [0, 0.1) is 5.92 Å². The first-order valence-corrected chi connectivity index (χ1v) is 8.96. The predicted octanol–water partition coefficient (Wildman–Crippen LogP) is 2.32. The summed E-state index contributed by atoms with van der Waals surface area (Å²) in [6, 6.07) is 4.14. The molecule has 25 heavy (non-hydrogen) atoms. The van der Waals surface area contributed by atoms with Crippen LogP contribution in [0.1, 0.15) is 24.0 Å². The van der Waals surface area contributed by atoms with E-state index < -0.39 is 11.7 Å². The van der Waals surface area contributed by atoms with E-state index in [1.165, 1.54) is 12.1 Å². The van der Waals surface area contributed by atoms with E-state index >= 15 is 0 Å². The number of alkyl halides is 3. The molecule has 2 saturated heterocycles. The van der Waals surface area contributed by atoms with Crippen molar-refractivity contribution in [3.8, 4) is 0 Å². The van der Waals surface area contributed by atoms with Crippen molar-refractivity contribution in [2.75, 3.05) is 50.8 Å². The lowest BCUT2D eigenvalue weighted by Crippen LogP contribution is -2.43. The Morgan fingerprint density at radius 1 is 1.08 bits per heavy atom. The van der Waals surface area contributed by atoms with E-state index in [4.69, 9.17) is 0 Å². The first-order chi connectivity index (χ1) is 12.0. The van der Waals surface area contributed by atoms with Gasteiger partial charge in [-0.1, -0.05) is 6.07 Å². The topological polar surface area (TPSA) is 38.7 Å². The molecule has 0 bridgehead atoms. The van der Waals surface area contributed by atoms with Crippen LogP contribution in [-0.2, 0) is 12.7 Å². The van der Waals surface area contributed by atoms with Gasteiger partial charge in [0.1, 0.15) is 0 Å². The lowest BCUT2D eigenvalue weighted by molar-refractivity contribution is -0.137. The molecule has 0 aromatic heterocycles. The highest BCUT2D eigenvalue weighted by Gasteiger charge is 2.32. The van der Waals surface area contributed by atoms with Gasteiger partial charge >= 0.3 is 6.18 Å². The average molecular weight is 357 g/mol. The largest absolute Gasteiger partial charge is 0.416 e. The van der Waals surface area contributed by atoms with E-state index in [1.54, 1.807) is 6.07 Å². The smallest absolute Gasteiger partial charge is 0.396 e. The van der Waals surface area contributed by atoms with E-state index in [-0.39, 0.29) is 12.5 Å². The van der Waals surface area contributed by atoms with Crippen LogP contribution in [0.2, 0.25) is 0 Å². The SMILES string of the molecule is OCC1CCN(c2cc(C(F)(F)F)ccc2CN2CCNCC2)CC1. The molecule has 0 amide bonds. The van der Waals surface area contributed by atoms with Crippen LogP contribution in [0.25, 0.3) is 0 Å². The molecule has 140 valence electrons. The van der Waals surface area contributed by atoms with E-state index in [1.807, 2.05) is 0 Å². The second kappa shape index (κ2) is 7.93. The number of anilines is 1. The summed E-state index contributed by atoms with van der Waals surface area (Å²) in [5.41, 5.74) is 1.07. The van der Waals surface area contributed by atoms with Crippen LogP contribution in [0.5, 0.6) is 0 Å². The standard InChI is InChI=1S/C18H26F3N3O/c19-18(20,21)16-2-1-15(12-23-9-5-22-6-10-23)17(11-16)24-7-3-14(13-25)4-8-24/h1-2,11,14,22,25H,3-10,12-13H2. The maximum Gasteiger partial charge on any atom is 0.416 e. The maximum absolute atomic E-state index is 13.2. The van der Waals surface area contributed by atoms with E-state index in [0.29, 0.717) is 25.3 Å². The first-order valence-electron chi connectivity index (χ1n) is 8.96. The number of hydrogen-bond acceptors (Lipinski definition) is 4. The molecule has 2 fully saturated rings. The minimum Gasteiger partial charge on any atom is -0.396 e. The van der Waals surface area contributed by atoms with E-state index in [9.17, 15) is 18.3 Å². The zero-order valence-corrected chi connectivity index (χ0v) is 14.4. The number of piperidine rings is 1. The molecule has 0 atom stereocenters. The highest BCUT2D eigenvalue weighted by Crippen LogP contribution is 2.35. The number of aliphatic hydroxyl groups excluding tert-OH is 1. The van der Waals surface area contributed by atoms with Crippen molar-refractivity contribution in [1.29, 1.82) is 0 Å². The minimum absolute atomic E-state index is 0.157. The lowest BCUT2D eigenvalue weighted by atomic mass is 9.96. The molecule has 2 aliphatic heterocycles. The Morgan fingerprint density at radius 3 is 2.36 bits per heavy atom. The van der Waals surface area contributed by atoms with Crippen molar-refractivity contribution in [2.24, 2.45) is 5.92 Å². The number of piperazine rings is 1. The highest BCUT2D eigenvalue weighted by atomic mass is 19.4. The molecule has 1 aromatic carbocycles. The molecule has 3 rings (SSSR count). The Hall–Kier alpha value is -1.31. The Labute approximate surface area is 146 Å². The number of rotatable bonds is 4. The molecule has 2 N–H and O–H groups in total. The summed E-state index contributed by atoms with van der Waals surface area (Å²) in [6.07, 6.45) is -2.69. The van der Waals surface area contributed by atoms with Gasteiger partial charge in [0.05, 0.1) is 5.56 Å². The summed E-state index contributed by atoms with van der Waals surface area (Å²) in [4.78, 5) is 4.34. The third-order valence-electron chi connectivity index (χ3n) is 5.23. The van der Waals surface area contributed by atoms with Crippen LogP contribution in [0.4, 0.5) is 18.9 Å². The molecule has 7 heteroatoms. The van der Waals surface area contributed by atoms with Gasteiger partial charge in [-0.05, 0) is 36.5 Å². The van der Waals surface area contributed by atoms with Crippen LogP contribution in [-0.4, -0.2) is 55.9 Å². The maximum atomic E-state index is 13.2. The van der Waals surface area contributed by atoms with Crippen molar-refractivity contribution in [1.82, 2.24) is 10.2 Å². The highest BCUT2D eigenvalue weighted by molar-refractivity contribution is 5.56. The molecule has 0 unspecified atom stereocenters. The summed E-state index contributed by atoms with van der Waals surface area (Å²) in [6.45, 7) is 5.87. The first kappa shape index (κ1) is 18.5. The van der Waals surface area contributed by atoms with Gasteiger partial charge in [0, 0.05) is 58.1 Å². The second-order valence-electron chi connectivity index (χ2n) is 6.98. The number of hydrogen-bond donors (Lipinski definition) is 2. The zero-order chi connectivity index (χ0) is 17.9. The molecule has 4 nitrogen and oxygen atoms in total. The average Bonchev–Trinajstić information content (AvgIpc) is 2.62. The van der Waals surface area contributed by atoms with Crippen molar-refractivity contribution in [3.63, 3.8) is 0 Å². The van der Waals surface area contributed by atoms with Crippen LogP contribution >= 0.6 is 0 Å². The summed E-state index contributed by atoms with van der Waals surface area (Å²) in [7, 11) is 0. The summed E-state index contributed by atoms with van der Waals surface area (Å²) in [5, 5.41) is 12.6. The van der Waals surface area contributed by atoms with Crippen molar-refractivity contribution >= 4 is 5.69 Å². The van der Waals surface area contributed by atoms with Crippen LogP contribution in [0.3, 0.4) is 0 Å². The quantitative estimate of drug-likeness (QED) is 0.868. The Morgan fingerprint density at radius 2 is 1.76 bits per heavy atom. The molecule has 2 aliphatic rings. The van der Waals surface area contributed by atoms with Crippen molar-refractivity contribution in [3.05, 3.63) is 29.3 Å². The fourth-order valence-electron chi connectivity index (χ4n) is 3.63. The number of nitrogens with zero attached hydrogens (tertiary/aromatic N) is 2. The van der Waals surface area contributed by atoms with Gasteiger partial charge in [-0.3, -0.25) is 4.90 Å². The van der Waals surface area contributed by atoms with E-state index in [2.05, 4.69) is 15.1 Å². The van der Waals surface area contributed by atoms with Crippen LogP contribution in [0.15, 0.2) is 18.2 Å². The molecule has 0 radical (unpaired) electrons. The molecular formula is C18H26F3N3O. The van der Waals surface area contributed by atoms with Crippen molar-refractivity contribution in [2.45, 2.75) is 25.6 Å². The van der Waals surface area contributed by atoms with Gasteiger partial charge in [-0.15, -0.1) is 0 Å². The molecule has 2 heterocycles. The molecule has 0 aliphatic carbocycles. The van der Waals surface area contributed by atoms with Gasteiger partial charge in [0.2, 0.25) is 0 Å². The van der Waals surface area contributed by atoms with Crippen molar-refractivity contribution < 1.29 is 18.3 Å². The molecule has 1 aromatic rings. The van der Waals surface area contributed by atoms with E-state index in [0.717, 1.165) is 44.6 Å². The molecule has 0 saturated carbocycles. The van der Waals surface area contributed by atoms with Gasteiger partial charge in [-0.25, -0.2) is 0 Å². The Balaban J connectivity index is 1.83. The lowest BCUT2D eigenvalue weighted by Gasteiger charge is -2.36. The van der Waals surface area contributed by atoms with Gasteiger partial charge in [0.15, 0.2) is 0 Å². The monoisotopic (exact) mass is 357 g/mol. The number of halogens is 3. The van der Waals surface area contributed by atoms with Gasteiger partial charge < -0.3 is 15.3 Å². The van der Waals surface area contributed by atoms with Gasteiger partial charge in [0.25, 0.3) is 0 Å². The number of aliphatic hydroxyl groups is 1. The molecule has 0 spiro atoms. The fraction of sp³-hybridized carbons (Fsp3) is 0.667. The zero-order valence-electron chi connectivity index (χ0n) is 14.4. The summed E-state index contributed by atoms with van der Waals surface area (Å²) in [5.74, 6) is 0.263. The predicted molar refractivity (Wildman–Crippen MR) is 91.6 cm³/mol. The Kier molecular flexibility index (Phi) is 5.86. The van der Waals surface area contributed by atoms with Crippen LogP contribution < -0.4 is 10.2 Å². The molecular weight excluding hydrogens is 331 g/mol. The second-order valence-corrected chi connectivity index (χ2v) is 6.98. The normalized spacial score (nSPS) is 20.9. The number of benzene rings is 1. The third kappa shape index (κ3) is 4.65. The Bertz CT molecular complexity index is 565. The minimum atomic E-state index is -4.33. The number of nitrogens with one attached hydrogen (secondary N) is 1. The van der Waals surface area contributed by atoms with Gasteiger partial charge in [-0.2, -0.15) is 13.2 Å².